The molecule has 22 heavy (non-hydrogen) atoms. The second-order valence-corrected chi connectivity index (χ2v) is 4.67. The minimum atomic E-state index is -0.655. The number of ether oxygens (including phenoxy) is 1. The molecule has 1 amide bonds. The van der Waals surface area contributed by atoms with Gasteiger partial charge in [0, 0.05) is 24.3 Å². The summed E-state index contributed by atoms with van der Waals surface area (Å²) >= 11 is 0. The van der Waals surface area contributed by atoms with Crippen molar-refractivity contribution in [2.24, 2.45) is 0 Å². The maximum absolute atomic E-state index is 11.5. The minimum Gasteiger partial charge on any atom is -0.452 e. The van der Waals surface area contributed by atoms with Crippen LogP contribution in [0.15, 0.2) is 30.3 Å². The first-order chi connectivity index (χ1) is 10.4. The fourth-order valence-corrected chi connectivity index (χ4v) is 1.47. The van der Waals surface area contributed by atoms with Gasteiger partial charge in [0.15, 0.2) is 6.61 Å². The maximum Gasteiger partial charge on any atom is 0.331 e. The van der Waals surface area contributed by atoms with Crippen LogP contribution in [0, 0.1) is 10.1 Å². The third-order valence-electron chi connectivity index (χ3n) is 2.88. The van der Waals surface area contributed by atoms with Crippen molar-refractivity contribution >= 4 is 23.6 Å². The van der Waals surface area contributed by atoms with Gasteiger partial charge >= 0.3 is 5.97 Å². The predicted molar refractivity (Wildman–Crippen MR) is 81.0 cm³/mol. The summed E-state index contributed by atoms with van der Waals surface area (Å²) in [5, 5.41) is 13.2. The summed E-state index contributed by atoms with van der Waals surface area (Å²) in [6.07, 6.45) is 3.41. The topological polar surface area (TPSA) is 98.5 Å². The Morgan fingerprint density at radius 1 is 1.36 bits per heavy atom. The van der Waals surface area contributed by atoms with E-state index in [4.69, 9.17) is 4.74 Å². The Hall–Kier alpha value is -2.70. The molecule has 0 aliphatic rings. The van der Waals surface area contributed by atoms with E-state index >= 15 is 0 Å². The van der Waals surface area contributed by atoms with Gasteiger partial charge < -0.3 is 10.1 Å². The smallest absolute Gasteiger partial charge is 0.331 e. The van der Waals surface area contributed by atoms with E-state index in [1.165, 1.54) is 30.3 Å². The number of nitrogens with zero attached hydrogens (tertiary/aromatic N) is 1. The number of rotatable bonds is 7. The van der Waals surface area contributed by atoms with Crippen LogP contribution < -0.4 is 5.32 Å². The van der Waals surface area contributed by atoms with Gasteiger partial charge in [0.1, 0.15) is 0 Å². The van der Waals surface area contributed by atoms with Crippen LogP contribution in [-0.4, -0.2) is 29.4 Å². The lowest BCUT2D eigenvalue weighted by molar-refractivity contribution is -0.384. The van der Waals surface area contributed by atoms with Crippen molar-refractivity contribution in [1.82, 2.24) is 5.32 Å². The maximum atomic E-state index is 11.5. The van der Waals surface area contributed by atoms with Gasteiger partial charge in [-0.05, 0) is 37.1 Å². The summed E-state index contributed by atoms with van der Waals surface area (Å²) in [5.41, 5.74) is 0.591. The Kier molecular flexibility index (Phi) is 6.75. The number of non-ortho nitro benzene ring substituents is 1. The van der Waals surface area contributed by atoms with Crippen molar-refractivity contribution in [3.8, 4) is 0 Å². The van der Waals surface area contributed by atoms with Crippen molar-refractivity contribution in [3.05, 3.63) is 46.0 Å². The Labute approximate surface area is 128 Å². The highest BCUT2D eigenvalue weighted by Crippen LogP contribution is 2.12. The molecule has 0 spiro atoms. The molecule has 118 valence electrons. The standard InChI is InChI=1S/C15H18N2O5/c1-3-11(2)16-14(18)10-22-15(19)9-6-12-4-7-13(8-5-12)17(20)21/h4-9,11H,3,10H2,1-2H3,(H,16,18)/b9-6+/t11-/m0/s1. The number of hydrogen-bond acceptors (Lipinski definition) is 5. The molecular weight excluding hydrogens is 288 g/mol. The van der Waals surface area contributed by atoms with Crippen LogP contribution in [0.3, 0.4) is 0 Å². The molecule has 0 aromatic heterocycles. The van der Waals surface area contributed by atoms with Gasteiger partial charge in [0.25, 0.3) is 11.6 Å². The Morgan fingerprint density at radius 2 is 2.00 bits per heavy atom. The molecule has 0 unspecified atom stereocenters. The van der Waals surface area contributed by atoms with E-state index < -0.39 is 10.9 Å². The molecule has 0 saturated carbocycles. The number of nitrogens with one attached hydrogen (secondary N) is 1. The van der Waals surface area contributed by atoms with Crippen molar-refractivity contribution in [1.29, 1.82) is 0 Å². The van der Waals surface area contributed by atoms with Gasteiger partial charge in [0.2, 0.25) is 0 Å². The van der Waals surface area contributed by atoms with Gasteiger partial charge in [-0.25, -0.2) is 4.79 Å². The fourth-order valence-electron chi connectivity index (χ4n) is 1.47. The molecule has 0 radical (unpaired) electrons. The van der Waals surface area contributed by atoms with Crippen molar-refractivity contribution in [3.63, 3.8) is 0 Å². The molecule has 0 fully saturated rings. The number of amides is 1. The van der Waals surface area contributed by atoms with E-state index in [0.717, 1.165) is 12.5 Å². The monoisotopic (exact) mass is 306 g/mol. The van der Waals surface area contributed by atoms with Crippen LogP contribution in [0.25, 0.3) is 6.08 Å². The highest BCUT2D eigenvalue weighted by molar-refractivity contribution is 5.89. The van der Waals surface area contributed by atoms with Crippen LogP contribution in [0.5, 0.6) is 0 Å². The van der Waals surface area contributed by atoms with Crippen LogP contribution in [0.2, 0.25) is 0 Å². The predicted octanol–water partition coefficient (Wildman–Crippen LogP) is 2.07. The number of carbonyl (C=O) groups excluding carboxylic acids is 2. The second-order valence-electron chi connectivity index (χ2n) is 4.67. The summed E-state index contributed by atoms with van der Waals surface area (Å²) in [5.74, 6) is -1.01. The Morgan fingerprint density at radius 3 is 2.55 bits per heavy atom. The number of benzene rings is 1. The molecule has 0 aliphatic heterocycles. The number of esters is 1. The first-order valence-corrected chi connectivity index (χ1v) is 6.81. The second kappa shape index (κ2) is 8.56. The normalized spacial score (nSPS) is 11.9. The molecule has 0 bridgehead atoms. The first kappa shape index (κ1) is 17.4. The lowest BCUT2D eigenvalue weighted by atomic mass is 10.2. The lowest BCUT2D eigenvalue weighted by Crippen LogP contribution is -2.35. The highest BCUT2D eigenvalue weighted by atomic mass is 16.6. The molecule has 0 saturated heterocycles. The van der Waals surface area contributed by atoms with Crippen LogP contribution in [0.4, 0.5) is 5.69 Å². The molecule has 0 heterocycles. The Bertz CT molecular complexity index is 566. The van der Waals surface area contributed by atoms with E-state index in [2.05, 4.69) is 5.32 Å². The molecule has 1 atom stereocenters. The van der Waals surface area contributed by atoms with E-state index in [0.29, 0.717) is 5.56 Å². The average Bonchev–Trinajstić information content (AvgIpc) is 2.51. The fraction of sp³-hybridized carbons (Fsp3) is 0.333. The lowest BCUT2D eigenvalue weighted by Gasteiger charge is -2.10. The van der Waals surface area contributed by atoms with Gasteiger partial charge in [0.05, 0.1) is 4.92 Å². The molecular formula is C15H18N2O5. The molecule has 1 aromatic carbocycles. The zero-order valence-electron chi connectivity index (χ0n) is 12.4. The van der Waals surface area contributed by atoms with Crippen LogP contribution in [-0.2, 0) is 14.3 Å². The van der Waals surface area contributed by atoms with E-state index in [9.17, 15) is 19.7 Å². The zero-order valence-corrected chi connectivity index (χ0v) is 12.4. The Balaban J connectivity index is 2.44. The summed E-state index contributed by atoms with van der Waals surface area (Å²) in [6.45, 7) is 3.45. The summed E-state index contributed by atoms with van der Waals surface area (Å²) in [6, 6.07) is 5.73. The molecule has 0 aliphatic carbocycles. The number of hydrogen-bond donors (Lipinski definition) is 1. The molecule has 1 aromatic rings. The highest BCUT2D eigenvalue weighted by Gasteiger charge is 2.07. The van der Waals surface area contributed by atoms with E-state index in [1.807, 2.05) is 13.8 Å². The summed E-state index contributed by atoms with van der Waals surface area (Å²) in [4.78, 5) is 32.9. The third kappa shape index (κ3) is 6.17. The number of nitro groups is 1. The van der Waals surface area contributed by atoms with Crippen molar-refractivity contribution < 1.29 is 19.2 Å². The minimum absolute atomic E-state index is 0.0264. The number of nitro benzene ring substituents is 1. The zero-order chi connectivity index (χ0) is 16.5. The van der Waals surface area contributed by atoms with Gasteiger partial charge in [-0.2, -0.15) is 0 Å². The van der Waals surface area contributed by atoms with Gasteiger partial charge in [-0.15, -0.1) is 0 Å². The van der Waals surface area contributed by atoms with Crippen LogP contribution in [0.1, 0.15) is 25.8 Å². The summed E-state index contributed by atoms with van der Waals surface area (Å²) < 4.78 is 4.79. The third-order valence-corrected chi connectivity index (χ3v) is 2.88. The first-order valence-electron chi connectivity index (χ1n) is 6.81. The molecule has 1 rings (SSSR count). The van der Waals surface area contributed by atoms with Crippen LogP contribution >= 0.6 is 0 Å². The molecule has 7 heteroatoms. The quantitative estimate of drug-likeness (QED) is 0.360. The SMILES string of the molecule is CC[C@H](C)NC(=O)COC(=O)/C=C/c1ccc([N+](=O)[O-])cc1. The average molecular weight is 306 g/mol. The van der Waals surface area contributed by atoms with Gasteiger partial charge in [-0.3, -0.25) is 14.9 Å². The van der Waals surface area contributed by atoms with E-state index in [-0.39, 0.29) is 24.2 Å². The molecule has 1 N–H and O–H groups in total. The molecule has 7 nitrogen and oxygen atoms in total. The van der Waals surface area contributed by atoms with E-state index in [1.54, 1.807) is 0 Å². The number of carbonyl (C=O) groups is 2. The van der Waals surface area contributed by atoms with Gasteiger partial charge in [-0.1, -0.05) is 6.92 Å². The van der Waals surface area contributed by atoms with Crippen molar-refractivity contribution in [2.75, 3.05) is 6.61 Å². The van der Waals surface area contributed by atoms with Crippen molar-refractivity contribution in [2.45, 2.75) is 26.3 Å². The summed E-state index contributed by atoms with van der Waals surface area (Å²) in [7, 11) is 0. The largest absolute Gasteiger partial charge is 0.452 e.